The molecule has 2 heterocycles. The van der Waals surface area contributed by atoms with E-state index in [9.17, 15) is 0 Å². The Morgan fingerprint density at radius 3 is 3.00 bits per heavy atom. The van der Waals surface area contributed by atoms with E-state index in [-0.39, 0.29) is 0 Å². The van der Waals surface area contributed by atoms with Crippen LogP contribution >= 0.6 is 11.6 Å². The first-order valence-corrected chi connectivity index (χ1v) is 4.75. The van der Waals surface area contributed by atoms with Gasteiger partial charge in [-0.3, -0.25) is 4.98 Å². The summed E-state index contributed by atoms with van der Waals surface area (Å²) >= 11 is 5.68. The van der Waals surface area contributed by atoms with E-state index in [1.807, 2.05) is 13.0 Å². The summed E-state index contributed by atoms with van der Waals surface area (Å²) in [6, 6.07) is 1.85. The third-order valence-corrected chi connectivity index (χ3v) is 1.91. The fourth-order valence-electron chi connectivity index (χ4n) is 1.11. The van der Waals surface area contributed by atoms with Crippen molar-refractivity contribution in [3.05, 3.63) is 35.1 Å². The van der Waals surface area contributed by atoms with Crippen molar-refractivity contribution in [1.82, 2.24) is 15.1 Å². The van der Waals surface area contributed by atoms with Crippen LogP contribution in [0.3, 0.4) is 0 Å². The summed E-state index contributed by atoms with van der Waals surface area (Å²) in [5, 5.41) is 7.23. The summed E-state index contributed by atoms with van der Waals surface area (Å²) in [7, 11) is 0. The Morgan fingerprint density at radius 1 is 1.47 bits per heavy atom. The molecule has 0 saturated carbocycles. The molecule has 6 heteroatoms. The average Bonchev–Trinajstić information content (AvgIpc) is 2.62. The van der Waals surface area contributed by atoms with Gasteiger partial charge in [-0.1, -0.05) is 16.8 Å². The van der Waals surface area contributed by atoms with Crippen molar-refractivity contribution >= 4 is 17.4 Å². The van der Waals surface area contributed by atoms with Gasteiger partial charge in [0.15, 0.2) is 0 Å². The molecule has 0 amide bonds. The molecular formula is C9H9ClN4O. The predicted octanol–water partition coefficient (Wildman–Crippen LogP) is 2.04. The first-order chi connectivity index (χ1) is 7.24. The number of rotatable bonds is 3. The zero-order valence-corrected chi connectivity index (χ0v) is 8.82. The van der Waals surface area contributed by atoms with E-state index in [2.05, 4.69) is 20.4 Å². The predicted molar refractivity (Wildman–Crippen MR) is 55.6 cm³/mol. The van der Waals surface area contributed by atoms with Crippen LogP contribution in [0.1, 0.15) is 11.5 Å². The van der Waals surface area contributed by atoms with Crippen LogP contribution in [0.5, 0.6) is 0 Å². The maximum Gasteiger partial charge on any atom is 0.149 e. The van der Waals surface area contributed by atoms with E-state index >= 15 is 0 Å². The maximum absolute atomic E-state index is 5.68. The Hall–Kier alpha value is -1.62. The molecule has 0 bridgehead atoms. The number of aromatic nitrogens is 3. The lowest BCUT2D eigenvalue weighted by molar-refractivity contribution is 0.391. The van der Waals surface area contributed by atoms with Crippen molar-refractivity contribution in [2.45, 2.75) is 13.5 Å². The minimum Gasteiger partial charge on any atom is -0.363 e. The largest absolute Gasteiger partial charge is 0.363 e. The van der Waals surface area contributed by atoms with Crippen LogP contribution < -0.4 is 5.32 Å². The molecule has 5 nitrogen and oxygen atoms in total. The second-order valence-corrected chi connectivity index (χ2v) is 3.40. The third-order valence-electron chi connectivity index (χ3n) is 1.73. The molecular weight excluding hydrogens is 216 g/mol. The molecule has 0 unspecified atom stereocenters. The minimum absolute atomic E-state index is 0.358. The molecule has 2 rings (SSSR count). The SMILES string of the molecule is Cc1cc(CNc2cncc(Cl)n2)no1. The van der Waals surface area contributed by atoms with Crippen molar-refractivity contribution in [1.29, 1.82) is 0 Å². The Labute approximate surface area is 91.5 Å². The van der Waals surface area contributed by atoms with Gasteiger partial charge in [0, 0.05) is 6.07 Å². The molecule has 2 aromatic heterocycles. The van der Waals surface area contributed by atoms with Crippen LogP contribution in [-0.4, -0.2) is 15.1 Å². The van der Waals surface area contributed by atoms with Crippen molar-refractivity contribution in [3.8, 4) is 0 Å². The van der Waals surface area contributed by atoms with Crippen molar-refractivity contribution < 1.29 is 4.52 Å². The van der Waals surface area contributed by atoms with Crippen LogP contribution in [0.2, 0.25) is 5.15 Å². The van der Waals surface area contributed by atoms with Crippen LogP contribution in [0.25, 0.3) is 0 Å². The fraction of sp³-hybridized carbons (Fsp3) is 0.222. The van der Waals surface area contributed by atoms with Gasteiger partial charge in [0.25, 0.3) is 0 Å². The van der Waals surface area contributed by atoms with Gasteiger partial charge in [0.2, 0.25) is 0 Å². The van der Waals surface area contributed by atoms with Gasteiger partial charge < -0.3 is 9.84 Å². The Bertz CT molecular complexity index is 457. The highest BCUT2D eigenvalue weighted by atomic mass is 35.5. The number of halogens is 1. The van der Waals surface area contributed by atoms with Crippen LogP contribution in [0.4, 0.5) is 5.82 Å². The van der Waals surface area contributed by atoms with Gasteiger partial charge in [-0.15, -0.1) is 0 Å². The van der Waals surface area contributed by atoms with Crippen molar-refractivity contribution in [2.75, 3.05) is 5.32 Å². The quantitative estimate of drug-likeness (QED) is 0.864. The Kier molecular flexibility index (Phi) is 2.82. The number of nitrogens with one attached hydrogen (secondary N) is 1. The molecule has 2 aromatic rings. The van der Waals surface area contributed by atoms with E-state index in [0.717, 1.165) is 11.5 Å². The van der Waals surface area contributed by atoms with E-state index < -0.39 is 0 Å². The second kappa shape index (κ2) is 4.27. The Balaban J connectivity index is 1.99. The molecule has 0 atom stereocenters. The van der Waals surface area contributed by atoms with Gasteiger partial charge in [-0.05, 0) is 6.92 Å². The highest BCUT2D eigenvalue weighted by Gasteiger charge is 2.01. The van der Waals surface area contributed by atoms with Crippen molar-refractivity contribution in [2.24, 2.45) is 0 Å². The van der Waals surface area contributed by atoms with E-state index in [1.165, 1.54) is 6.20 Å². The van der Waals surface area contributed by atoms with E-state index in [4.69, 9.17) is 16.1 Å². The number of nitrogens with zero attached hydrogens (tertiary/aromatic N) is 3. The summed E-state index contributed by atoms with van der Waals surface area (Å²) in [6.45, 7) is 2.38. The summed E-state index contributed by atoms with van der Waals surface area (Å²) in [5.74, 6) is 1.40. The number of hydrogen-bond donors (Lipinski definition) is 1. The third kappa shape index (κ3) is 2.66. The molecule has 15 heavy (non-hydrogen) atoms. The van der Waals surface area contributed by atoms with Crippen LogP contribution in [0.15, 0.2) is 23.0 Å². The summed E-state index contributed by atoms with van der Waals surface area (Å²) in [5.41, 5.74) is 0.814. The van der Waals surface area contributed by atoms with Crippen LogP contribution in [-0.2, 0) is 6.54 Å². The molecule has 0 aliphatic heterocycles. The average molecular weight is 225 g/mol. The maximum atomic E-state index is 5.68. The lowest BCUT2D eigenvalue weighted by Crippen LogP contribution is -2.01. The number of hydrogen-bond acceptors (Lipinski definition) is 5. The minimum atomic E-state index is 0.358. The molecule has 0 radical (unpaired) electrons. The number of anilines is 1. The van der Waals surface area contributed by atoms with E-state index in [0.29, 0.717) is 17.5 Å². The molecule has 0 aliphatic rings. The molecule has 0 aromatic carbocycles. The Morgan fingerprint density at radius 2 is 2.33 bits per heavy atom. The topological polar surface area (TPSA) is 63.8 Å². The molecule has 78 valence electrons. The van der Waals surface area contributed by atoms with E-state index in [1.54, 1.807) is 6.20 Å². The second-order valence-electron chi connectivity index (χ2n) is 3.01. The summed E-state index contributed by atoms with van der Waals surface area (Å²) in [4.78, 5) is 7.93. The van der Waals surface area contributed by atoms with Gasteiger partial charge in [-0.25, -0.2) is 4.98 Å². The molecule has 0 aliphatic carbocycles. The summed E-state index contributed by atoms with van der Waals surface area (Å²) in [6.07, 6.45) is 3.08. The van der Waals surface area contributed by atoms with Crippen molar-refractivity contribution in [3.63, 3.8) is 0 Å². The van der Waals surface area contributed by atoms with Gasteiger partial charge in [-0.2, -0.15) is 0 Å². The first kappa shape index (κ1) is 9.92. The van der Waals surface area contributed by atoms with Gasteiger partial charge in [0.05, 0.1) is 18.9 Å². The molecule has 1 N–H and O–H groups in total. The molecule has 0 spiro atoms. The summed E-state index contributed by atoms with van der Waals surface area (Å²) < 4.78 is 4.92. The lowest BCUT2D eigenvalue weighted by atomic mass is 10.4. The van der Waals surface area contributed by atoms with Crippen LogP contribution in [0, 0.1) is 6.92 Å². The number of aryl methyl sites for hydroxylation is 1. The molecule has 0 saturated heterocycles. The van der Waals surface area contributed by atoms with Gasteiger partial charge in [0.1, 0.15) is 22.4 Å². The molecule has 0 fully saturated rings. The highest BCUT2D eigenvalue weighted by Crippen LogP contribution is 2.08. The lowest BCUT2D eigenvalue weighted by Gasteiger charge is -2.01. The smallest absolute Gasteiger partial charge is 0.149 e. The zero-order valence-electron chi connectivity index (χ0n) is 8.07. The first-order valence-electron chi connectivity index (χ1n) is 4.37. The highest BCUT2D eigenvalue weighted by molar-refractivity contribution is 6.29. The van der Waals surface area contributed by atoms with Gasteiger partial charge >= 0.3 is 0 Å². The zero-order chi connectivity index (χ0) is 10.7. The fourth-order valence-corrected chi connectivity index (χ4v) is 1.26. The standard InChI is InChI=1S/C9H9ClN4O/c1-6-2-7(14-15-6)3-12-9-5-11-4-8(10)13-9/h2,4-5H,3H2,1H3,(H,12,13). The monoisotopic (exact) mass is 224 g/mol. The normalized spacial score (nSPS) is 10.3.